The van der Waals surface area contributed by atoms with Gasteiger partial charge in [0.25, 0.3) is 5.56 Å². The number of ether oxygens (including phenoxy) is 2. The van der Waals surface area contributed by atoms with E-state index in [9.17, 15) is 4.79 Å². The quantitative estimate of drug-likeness (QED) is 0.449. The van der Waals surface area contributed by atoms with Gasteiger partial charge in [0.05, 0.1) is 23.9 Å². The number of hydrogen-bond acceptors (Lipinski definition) is 6. The van der Waals surface area contributed by atoms with Crippen LogP contribution >= 0.6 is 0 Å². The summed E-state index contributed by atoms with van der Waals surface area (Å²) in [5.41, 5.74) is 4.24. The van der Waals surface area contributed by atoms with Crippen LogP contribution in [-0.4, -0.2) is 30.9 Å². The van der Waals surface area contributed by atoms with Gasteiger partial charge in [-0.05, 0) is 36.2 Å². The highest BCUT2D eigenvalue weighted by atomic mass is 16.7. The average molecular weight is 413 g/mol. The highest BCUT2D eigenvalue weighted by Gasteiger charge is 2.21. The molecule has 1 aliphatic rings. The summed E-state index contributed by atoms with van der Waals surface area (Å²) in [6.07, 6.45) is 2.46. The number of aromatic nitrogens is 5. The van der Waals surface area contributed by atoms with Crippen molar-refractivity contribution in [1.29, 1.82) is 0 Å². The molecule has 8 nitrogen and oxygen atoms in total. The molecule has 0 radical (unpaired) electrons. The number of fused-ring (bicyclic) bond motifs is 5. The molecule has 5 aromatic rings. The summed E-state index contributed by atoms with van der Waals surface area (Å²) >= 11 is 0. The van der Waals surface area contributed by atoms with E-state index in [2.05, 4.69) is 4.98 Å². The maximum absolute atomic E-state index is 13.3. The minimum atomic E-state index is -0.0918. The first-order chi connectivity index (χ1) is 15.2. The zero-order valence-corrected chi connectivity index (χ0v) is 16.9. The lowest BCUT2D eigenvalue weighted by molar-refractivity contribution is 0.174. The van der Waals surface area contributed by atoms with E-state index in [1.807, 2.05) is 54.0 Å². The number of nitrogens with zero attached hydrogens (tertiary/aromatic N) is 5. The fourth-order valence-corrected chi connectivity index (χ4v) is 4.11. The van der Waals surface area contributed by atoms with E-state index in [1.54, 1.807) is 10.9 Å². The summed E-state index contributed by atoms with van der Waals surface area (Å²) in [5, 5.41) is 0.505. The first kappa shape index (κ1) is 17.9. The molecule has 0 bridgehead atoms. The largest absolute Gasteiger partial charge is 0.454 e. The first-order valence-electron chi connectivity index (χ1n) is 10.3. The molecular formula is C23H19N5O3. The van der Waals surface area contributed by atoms with Gasteiger partial charge in [0.1, 0.15) is 10.9 Å². The summed E-state index contributed by atoms with van der Waals surface area (Å²) < 4.78 is 14.5. The van der Waals surface area contributed by atoms with Gasteiger partial charge >= 0.3 is 0 Å². The Morgan fingerprint density at radius 1 is 1.00 bits per heavy atom. The summed E-state index contributed by atoms with van der Waals surface area (Å²) in [5.74, 6) is 1.45. The molecule has 8 heteroatoms. The molecule has 0 atom stereocenters. The Morgan fingerprint density at radius 3 is 2.65 bits per heavy atom. The van der Waals surface area contributed by atoms with Crippen molar-refractivity contribution in [3.63, 3.8) is 0 Å². The van der Waals surface area contributed by atoms with Gasteiger partial charge in [-0.25, -0.2) is 15.0 Å². The third-order valence-corrected chi connectivity index (χ3v) is 5.56. The molecule has 0 spiro atoms. The third-order valence-electron chi connectivity index (χ3n) is 5.56. The van der Waals surface area contributed by atoms with E-state index in [-0.39, 0.29) is 12.4 Å². The minimum absolute atomic E-state index is 0.0918. The van der Waals surface area contributed by atoms with E-state index in [0.29, 0.717) is 41.0 Å². The van der Waals surface area contributed by atoms with Crippen molar-refractivity contribution in [3.05, 3.63) is 64.7 Å². The molecule has 2 aromatic carbocycles. The fourth-order valence-electron chi connectivity index (χ4n) is 4.11. The molecule has 31 heavy (non-hydrogen) atoms. The highest BCUT2D eigenvalue weighted by Crippen LogP contribution is 2.33. The molecule has 154 valence electrons. The number of aryl methyl sites for hydroxylation is 1. The zero-order valence-electron chi connectivity index (χ0n) is 16.9. The predicted octanol–water partition coefficient (Wildman–Crippen LogP) is 3.48. The van der Waals surface area contributed by atoms with Crippen LogP contribution in [0.3, 0.4) is 0 Å². The van der Waals surface area contributed by atoms with Gasteiger partial charge in [-0.15, -0.1) is 0 Å². The van der Waals surface area contributed by atoms with Gasteiger partial charge in [0.15, 0.2) is 22.8 Å². The lowest BCUT2D eigenvalue weighted by Crippen LogP contribution is -2.20. The van der Waals surface area contributed by atoms with Gasteiger partial charge in [0, 0.05) is 6.54 Å². The summed E-state index contributed by atoms with van der Waals surface area (Å²) in [6.45, 7) is 3.35. The second kappa shape index (κ2) is 6.80. The molecule has 0 saturated heterocycles. The predicted molar refractivity (Wildman–Crippen MR) is 117 cm³/mol. The average Bonchev–Trinajstić information content (AvgIpc) is 3.37. The van der Waals surface area contributed by atoms with Gasteiger partial charge < -0.3 is 14.0 Å². The summed E-state index contributed by atoms with van der Waals surface area (Å²) in [4.78, 5) is 27.6. The van der Waals surface area contributed by atoms with Crippen LogP contribution in [0.15, 0.2) is 53.6 Å². The first-order valence-corrected chi connectivity index (χ1v) is 10.3. The number of para-hydroxylation sites is 2. The Balaban J connectivity index is 1.63. The van der Waals surface area contributed by atoms with E-state index >= 15 is 0 Å². The number of rotatable bonds is 4. The summed E-state index contributed by atoms with van der Waals surface area (Å²) in [6, 6.07) is 13.5. The van der Waals surface area contributed by atoms with Gasteiger partial charge in [-0.1, -0.05) is 25.1 Å². The molecule has 4 heterocycles. The van der Waals surface area contributed by atoms with E-state index in [1.165, 1.54) is 0 Å². The Bertz CT molecular complexity index is 1540. The Hall–Kier alpha value is -3.94. The molecule has 0 amide bonds. The van der Waals surface area contributed by atoms with Crippen molar-refractivity contribution < 1.29 is 9.47 Å². The smallest absolute Gasteiger partial charge is 0.265 e. The lowest BCUT2D eigenvalue weighted by atomic mass is 10.2. The molecule has 0 N–H and O–H groups in total. The lowest BCUT2D eigenvalue weighted by Gasteiger charge is -2.08. The van der Waals surface area contributed by atoms with Crippen molar-refractivity contribution >= 4 is 33.2 Å². The molecule has 3 aromatic heterocycles. The molecular weight excluding hydrogens is 394 g/mol. The van der Waals surface area contributed by atoms with Crippen LogP contribution in [0.1, 0.15) is 18.9 Å². The Kier molecular flexibility index (Phi) is 3.92. The molecule has 1 aliphatic heterocycles. The van der Waals surface area contributed by atoms with Gasteiger partial charge in [0.2, 0.25) is 6.79 Å². The van der Waals surface area contributed by atoms with Crippen LogP contribution in [0, 0.1) is 0 Å². The second-order valence-corrected chi connectivity index (χ2v) is 7.60. The number of hydrogen-bond donors (Lipinski definition) is 0. The standard InChI is InChI=1S/C23H19N5O3/c1-2-9-27-12-24-21-19(23(27)29)20-22(26-16-6-4-3-5-15(16)25-20)28(21)11-14-7-8-17-18(10-14)31-13-30-17/h3-8,10,12H,2,9,11,13H2,1H3. The molecule has 6 rings (SSSR count). The van der Waals surface area contributed by atoms with Crippen molar-refractivity contribution in [2.24, 2.45) is 0 Å². The SMILES string of the molecule is CCCn1cnc2c(c1=O)c1nc3ccccc3nc1n2Cc1ccc2c(c1)OCO2. The van der Waals surface area contributed by atoms with E-state index in [4.69, 9.17) is 19.4 Å². The highest BCUT2D eigenvalue weighted by molar-refractivity contribution is 6.04. The van der Waals surface area contributed by atoms with Gasteiger partial charge in [-0.3, -0.25) is 9.36 Å². The maximum Gasteiger partial charge on any atom is 0.265 e. The van der Waals surface area contributed by atoms with Crippen molar-refractivity contribution in [3.8, 4) is 11.5 Å². The number of benzene rings is 2. The van der Waals surface area contributed by atoms with Crippen LogP contribution in [0.5, 0.6) is 11.5 Å². The van der Waals surface area contributed by atoms with Crippen molar-refractivity contribution in [2.75, 3.05) is 6.79 Å². The normalized spacial score (nSPS) is 12.9. The Morgan fingerprint density at radius 2 is 1.81 bits per heavy atom. The zero-order chi connectivity index (χ0) is 20.9. The molecule has 0 saturated carbocycles. The topological polar surface area (TPSA) is 84.1 Å². The van der Waals surface area contributed by atoms with Crippen molar-refractivity contribution in [1.82, 2.24) is 24.1 Å². The minimum Gasteiger partial charge on any atom is -0.454 e. The van der Waals surface area contributed by atoms with Crippen LogP contribution < -0.4 is 15.0 Å². The molecule has 0 unspecified atom stereocenters. The molecule has 0 aliphatic carbocycles. The summed E-state index contributed by atoms with van der Waals surface area (Å²) in [7, 11) is 0. The van der Waals surface area contributed by atoms with E-state index < -0.39 is 0 Å². The fraction of sp³-hybridized carbons (Fsp3) is 0.217. The van der Waals surface area contributed by atoms with Crippen molar-refractivity contribution in [2.45, 2.75) is 26.4 Å². The van der Waals surface area contributed by atoms with Crippen LogP contribution in [0.2, 0.25) is 0 Å². The second-order valence-electron chi connectivity index (χ2n) is 7.60. The van der Waals surface area contributed by atoms with Crippen LogP contribution in [0.4, 0.5) is 0 Å². The van der Waals surface area contributed by atoms with Crippen LogP contribution in [-0.2, 0) is 13.1 Å². The monoisotopic (exact) mass is 413 g/mol. The van der Waals surface area contributed by atoms with E-state index in [0.717, 1.165) is 28.8 Å². The maximum atomic E-state index is 13.3. The third kappa shape index (κ3) is 2.75. The van der Waals surface area contributed by atoms with Gasteiger partial charge in [-0.2, -0.15) is 0 Å². The Labute approximate surface area is 176 Å². The molecule has 0 fully saturated rings. The van der Waals surface area contributed by atoms with Crippen LogP contribution in [0.25, 0.3) is 33.2 Å².